The van der Waals surface area contributed by atoms with Crippen molar-refractivity contribution in [1.29, 1.82) is 0 Å². The highest BCUT2D eigenvalue weighted by atomic mass is 16.3. The first-order chi connectivity index (χ1) is 11.1. The van der Waals surface area contributed by atoms with Crippen molar-refractivity contribution in [3.8, 4) is 0 Å². The normalized spacial score (nSPS) is 16.0. The Labute approximate surface area is 135 Å². The Balaban J connectivity index is 1.75. The van der Waals surface area contributed by atoms with Gasteiger partial charge in [-0.1, -0.05) is 13.8 Å². The molecule has 124 valence electrons. The van der Waals surface area contributed by atoms with Gasteiger partial charge in [0.15, 0.2) is 5.65 Å². The molecule has 1 aliphatic rings. The minimum Gasteiger partial charge on any atom is -0.396 e. The van der Waals surface area contributed by atoms with Gasteiger partial charge in [0, 0.05) is 30.8 Å². The molecule has 0 saturated heterocycles. The molecule has 2 heterocycles. The summed E-state index contributed by atoms with van der Waals surface area (Å²) in [5.74, 6) is 0.874. The molecule has 0 aliphatic heterocycles. The zero-order valence-corrected chi connectivity index (χ0v) is 13.7. The van der Waals surface area contributed by atoms with Crippen molar-refractivity contribution in [2.45, 2.75) is 45.7 Å². The quantitative estimate of drug-likeness (QED) is 0.818. The van der Waals surface area contributed by atoms with Crippen molar-refractivity contribution in [1.82, 2.24) is 20.1 Å². The van der Waals surface area contributed by atoms with Gasteiger partial charge in [0.05, 0.1) is 11.8 Å². The van der Waals surface area contributed by atoms with Gasteiger partial charge in [-0.05, 0) is 37.2 Å². The number of pyridine rings is 1. The van der Waals surface area contributed by atoms with Crippen LogP contribution in [0.3, 0.4) is 0 Å². The second-order valence-corrected chi connectivity index (χ2v) is 6.79. The van der Waals surface area contributed by atoms with Gasteiger partial charge in [-0.25, -0.2) is 9.67 Å². The van der Waals surface area contributed by atoms with E-state index in [4.69, 9.17) is 5.11 Å². The third kappa shape index (κ3) is 3.69. The average molecular weight is 316 g/mol. The topological polar surface area (TPSA) is 80.0 Å². The molecule has 2 aromatic heterocycles. The van der Waals surface area contributed by atoms with Crippen molar-refractivity contribution in [3.05, 3.63) is 24.0 Å². The standard InChI is InChI=1S/C17H24N4O2/c1-11(2)10-21-16-13(9-19-21)7-14(8-18-16)17(23)20-15(5-6-22)12-3-4-12/h7-9,11-12,15,22H,3-6,10H2,1-2H3,(H,20,23). The molecular formula is C17H24N4O2. The van der Waals surface area contributed by atoms with Gasteiger partial charge in [-0.2, -0.15) is 5.10 Å². The number of aromatic nitrogens is 3. The smallest absolute Gasteiger partial charge is 0.253 e. The Morgan fingerprint density at radius 3 is 2.87 bits per heavy atom. The number of fused-ring (bicyclic) bond motifs is 1. The molecule has 1 saturated carbocycles. The lowest BCUT2D eigenvalue weighted by Gasteiger charge is -2.17. The summed E-state index contributed by atoms with van der Waals surface area (Å²) in [6.07, 6.45) is 6.24. The van der Waals surface area contributed by atoms with Gasteiger partial charge in [-0.3, -0.25) is 4.79 Å². The molecule has 6 nitrogen and oxygen atoms in total. The maximum Gasteiger partial charge on any atom is 0.253 e. The van der Waals surface area contributed by atoms with E-state index in [0.717, 1.165) is 30.4 Å². The lowest BCUT2D eigenvalue weighted by molar-refractivity contribution is 0.0924. The van der Waals surface area contributed by atoms with Crippen molar-refractivity contribution >= 4 is 16.9 Å². The number of nitrogens with zero attached hydrogens (tertiary/aromatic N) is 3. The molecule has 6 heteroatoms. The summed E-state index contributed by atoms with van der Waals surface area (Å²) in [4.78, 5) is 16.8. The summed E-state index contributed by atoms with van der Waals surface area (Å²) in [7, 11) is 0. The fraction of sp³-hybridized carbons (Fsp3) is 0.588. The summed E-state index contributed by atoms with van der Waals surface area (Å²) in [5, 5.41) is 17.4. The maximum atomic E-state index is 12.4. The van der Waals surface area contributed by atoms with Gasteiger partial charge in [0.25, 0.3) is 5.91 Å². The van der Waals surface area contributed by atoms with Crippen LogP contribution in [0.1, 0.15) is 43.5 Å². The van der Waals surface area contributed by atoms with Crippen LogP contribution in [0.15, 0.2) is 18.5 Å². The third-order valence-electron chi connectivity index (χ3n) is 4.22. The van der Waals surface area contributed by atoms with Crippen LogP contribution in [0.4, 0.5) is 0 Å². The largest absolute Gasteiger partial charge is 0.396 e. The Hall–Kier alpha value is -1.95. The molecule has 1 amide bonds. The molecule has 2 N–H and O–H groups in total. The predicted molar refractivity (Wildman–Crippen MR) is 88.0 cm³/mol. The maximum absolute atomic E-state index is 12.4. The van der Waals surface area contributed by atoms with Crippen LogP contribution in [0.5, 0.6) is 0 Å². The number of aliphatic hydroxyl groups is 1. The first-order valence-electron chi connectivity index (χ1n) is 8.31. The van der Waals surface area contributed by atoms with E-state index in [1.165, 1.54) is 0 Å². The van der Waals surface area contributed by atoms with E-state index in [0.29, 0.717) is 23.8 Å². The summed E-state index contributed by atoms with van der Waals surface area (Å²) in [5.41, 5.74) is 1.36. The van der Waals surface area contributed by atoms with E-state index in [1.807, 2.05) is 10.7 Å². The second-order valence-electron chi connectivity index (χ2n) is 6.79. The summed E-state index contributed by atoms with van der Waals surface area (Å²) in [6, 6.07) is 1.90. The van der Waals surface area contributed by atoms with Crippen LogP contribution < -0.4 is 5.32 Å². The molecule has 1 atom stereocenters. The average Bonchev–Trinajstić information content (AvgIpc) is 3.29. The zero-order chi connectivity index (χ0) is 16.4. The van der Waals surface area contributed by atoms with Gasteiger partial charge in [-0.15, -0.1) is 0 Å². The van der Waals surface area contributed by atoms with Crippen molar-refractivity contribution in [2.75, 3.05) is 6.61 Å². The van der Waals surface area contributed by atoms with Crippen LogP contribution in [-0.2, 0) is 6.54 Å². The number of rotatable bonds is 7. The van der Waals surface area contributed by atoms with Crippen molar-refractivity contribution in [2.24, 2.45) is 11.8 Å². The van der Waals surface area contributed by atoms with E-state index in [-0.39, 0.29) is 18.6 Å². The number of carbonyl (C=O) groups is 1. The highest BCUT2D eigenvalue weighted by Gasteiger charge is 2.32. The van der Waals surface area contributed by atoms with Gasteiger partial charge in [0.2, 0.25) is 0 Å². The zero-order valence-electron chi connectivity index (χ0n) is 13.7. The number of nitrogens with one attached hydrogen (secondary N) is 1. The summed E-state index contributed by atoms with van der Waals surface area (Å²) >= 11 is 0. The lowest BCUT2D eigenvalue weighted by atomic mass is 10.1. The highest BCUT2D eigenvalue weighted by molar-refractivity contribution is 5.97. The lowest BCUT2D eigenvalue weighted by Crippen LogP contribution is -2.37. The molecule has 1 unspecified atom stereocenters. The van der Waals surface area contributed by atoms with E-state index < -0.39 is 0 Å². The fourth-order valence-corrected chi connectivity index (χ4v) is 2.89. The Bertz CT molecular complexity index is 691. The molecule has 0 radical (unpaired) electrons. The number of hydrogen-bond donors (Lipinski definition) is 2. The Morgan fingerprint density at radius 1 is 1.43 bits per heavy atom. The number of amides is 1. The van der Waals surface area contributed by atoms with E-state index in [9.17, 15) is 4.79 Å². The monoisotopic (exact) mass is 316 g/mol. The molecule has 23 heavy (non-hydrogen) atoms. The van der Waals surface area contributed by atoms with E-state index in [2.05, 4.69) is 29.2 Å². The van der Waals surface area contributed by atoms with Gasteiger partial charge < -0.3 is 10.4 Å². The van der Waals surface area contributed by atoms with E-state index in [1.54, 1.807) is 12.4 Å². The Morgan fingerprint density at radius 2 is 2.22 bits per heavy atom. The second kappa shape index (κ2) is 6.66. The SMILES string of the molecule is CC(C)Cn1ncc2cc(C(=O)NC(CCO)C3CC3)cnc21. The number of carbonyl (C=O) groups excluding carboxylic acids is 1. The first-order valence-corrected chi connectivity index (χ1v) is 8.31. The highest BCUT2D eigenvalue weighted by Crippen LogP contribution is 2.34. The van der Waals surface area contributed by atoms with Gasteiger partial charge in [0.1, 0.15) is 0 Å². The predicted octanol–water partition coefficient (Wildman–Crippen LogP) is 1.98. The summed E-state index contributed by atoms with van der Waals surface area (Å²) in [6.45, 7) is 5.17. The number of hydrogen-bond acceptors (Lipinski definition) is 4. The van der Waals surface area contributed by atoms with Crippen LogP contribution in [-0.4, -0.2) is 38.4 Å². The van der Waals surface area contributed by atoms with Crippen LogP contribution in [0, 0.1) is 11.8 Å². The van der Waals surface area contributed by atoms with Crippen LogP contribution in [0.25, 0.3) is 11.0 Å². The molecular weight excluding hydrogens is 292 g/mol. The van der Waals surface area contributed by atoms with Crippen LogP contribution >= 0.6 is 0 Å². The molecule has 1 aliphatic carbocycles. The minimum atomic E-state index is -0.124. The molecule has 0 aromatic carbocycles. The molecule has 3 rings (SSSR count). The van der Waals surface area contributed by atoms with E-state index >= 15 is 0 Å². The Kier molecular flexibility index (Phi) is 4.61. The van der Waals surface area contributed by atoms with Crippen molar-refractivity contribution < 1.29 is 9.90 Å². The van der Waals surface area contributed by atoms with Gasteiger partial charge >= 0.3 is 0 Å². The molecule has 2 aromatic rings. The van der Waals surface area contributed by atoms with Crippen molar-refractivity contribution in [3.63, 3.8) is 0 Å². The number of aliphatic hydroxyl groups excluding tert-OH is 1. The third-order valence-corrected chi connectivity index (χ3v) is 4.22. The minimum absolute atomic E-state index is 0.0619. The first kappa shape index (κ1) is 15.9. The fourth-order valence-electron chi connectivity index (χ4n) is 2.89. The molecule has 0 spiro atoms. The summed E-state index contributed by atoms with van der Waals surface area (Å²) < 4.78 is 1.88. The molecule has 0 bridgehead atoms. The van der Waals surface area contributed by atoms with Crippen LogP contribution in [0.2, 0.25) is 0 Å². The molecule has 1 fully saturated rings.